The maximum atomic E-state index is 11.7. The molecule has 1 aromatic carbocycles. The summed E-state index contributed by atoms with van der Waals surface area (Å²) in [5.74, 6) is 0.522. The van der Waals surface area contributed by atoms with Crippen LogP contribution >= 0.6 is 15.9 Å². The lowest BCUT2D eigenvalue weighted by Gasteiger charge is -2.18. The number of carbonyl (C=O) groups is 1. The Morgan fingerprint density at radius 3 is 2.68 bits per heavy atom. The zero-order chi connectivity index (χ0) is 14.3. The van der Waals surface area contributed by atoms with Gasteiger partial charge >= 0.3 is 5.97 Å². The highest BCUT2D eigenvalue weighted by atomic mass is 79.9. The van der Waals surface area contributed by atoms with Crippen molar-refractivity contribution in [3.63, 3.8) is 0 Å². The first-order valence-electron chi connectivity index (χ1n) is 6.30. The van der Waals surface area contributed by atoms with Gasteiger partial charge in [0.25, 0.3) is 0 Å². The lowest BCUT2D eigenvalue weighted by atomic mass is 10.1. The lowest BCUT2D eigenvalue weighted by Crippen LogP contribution is -2.30. The summed E-state index contributed by atoms with van der Waals surface area (Å²) in [6, 6.07) is 5.30. The molecule has 0 aliphatic rings. The first-order valence-corrected chi connectivity index (χ1v) is 7.09. The van der Waals surface area contributed by atoms with Crippen molar-refractivity contribution < 1.29 is 14.3 Å². The van der Waals surface area contributed by atoms with E-state index < -0.39 is 0 Å². The molecule has 0 aliphatic heterocycles. The number of anilines is 1. The molecule has 0 saturated carbocycles. The molecule has 106 valence electrons. The fourth-order valence-corrected chi connectivity index (χ4v) is 2.30. The molecule has 0 saturated heterocycles. The predicted molar refractivity (Wildman–Crippen MR) is 79.6 cm³/mol. The first-order chi connectivity index (χ1) is 9.12. The minimum Gasteiger partial charge on any atom is -0.496 e. The third kappa shape index (κ3) is 4.74. The van der Waals surface area contributed by atoms with Gasteiger partial charge in [0, 0.05) is 5.69 Å². The molecule has 1 aromatic rings. The van der Waals surface area contributed by atoms with E-state index in [1.165, 1.54) is 7.11 Å². The van der Waals surface area contributed by atoms with E-state index in [1.54, 1.807) is 7.11 Å². The second kappa shape index (κ2) is 8.04. The van der Waals surface area contributed by atoms with Gasteiger partial charge in [0.15, 0.2) is 0 Å². The molecule has 0 bridgehead atoms. The number of unbranched alkanes of at least 4 members (excludes halogenated alkanes) is 1. The fraction of sp³-hybridized carbons (Fsp3) is 0.500. The van der Waals surface area contributed by atoms with Gasteiger partial charge in [0.1, 0.15) is 11.8 Å². The summed E-state index contributed by atoms with van der Waals surface area (Å²) in [6.07, 6.45) is 2.78. The van der Waals surface area contributed by atoms with E-state index in [2.05, 4.69) is 28.2 Å². The van der Waals surface area contributed by atoms with E-state index in [1.807, 2.05) is 18.2 Å². The van der Waals surface area contributed by atoms with Crippen molar-refractivity contribution in [2.75, 3.05) is 19.5 Å². The third-order valence-electron chi connectivity index (χ3n) is 2.82. The summed E-state index contributed by atoms with van der Waals surface area (Å²) in [5.41, 5.74) is 0.860. The Hall–Kier alpha value is -1.23. The molecule has 0 amide bonds. The van der Waals surface area contributed by atoms with Crippen LogP contribution in [0.3, 0.4) is 0 Å². The van der Waals surface area contributed by atoms with Crippen LogP contribution in [0, 0.1) is 0 Å². The molecule has 1 atom stereocenters. The number of halogens is 1. The van der Waals surface area contributed by atoms with Gasteiger partial charge in [-0.15, -0.1) is 0 Å². The molecule has 0 radical (unpaired) electrons. The summed E-state index contributed by atoms with van der Waals surface area (Å²) in [7, 11) is 3.03. The topological polar surface area (TPSA) is 47.6 Å². The Labute approximate surface area is 122 Å². The van der Waals surface area contributed by atoms with E-state index >= 15 is 0 Å². The van der Waals surface area contributed by atoms with Crippen LogP contribution in [0.2, 0.25) is 0 Å². The van der Waals surface area contributed by atoms with Crippen LogP contribution in [-0.2, 0) is 9.53 Å². The minimum absolute atomic E-state index is 0.236. The van der Waals surface area contributed by atoms with Gasteiger partial charge in [-0.2, -0.15) is 0 Å². The van der Waals surface area contributed by atoms with E-state index in [4.69, 9.17) is 9.47 Å². The third-order valence-corrected chi connectivity index (χ3v) is 3.44. The number of rotatable bonds is 7. The van der Waals surface area contributed by atoms with Gasteiger partial charge in [-0.3, -0.25) is 0 Å². The number of nitrogens with one attached hydrogen (secondary N) is 1. The Morgan fingerprint density at radius 1 is 1.42 bits per heavy atom. The van der Waals surface area contributed by atoms with Crippen LogP contribution in [0.15, 0.2) is 22.7 Å². The Balaban J connectivity index is 2.77. The Morgan fingerprint density at radius 2 is 2.16 bits per heavy atom. The maximum Gasteiger partial charge on any atom is 0.328 e. The molecule has 0 aliphatic carbocycles. The monoisotopic (exact) mass is 329 g/mol. The quantitative estimate of drug-likeness (QED) is 0.776. The number of benzene rings is 1. The van der Waals surface area contributed by atoms with Crippen LogP contribution in [0.5, 0.6) is 5.75 Å². The molecule has 0 fully saturated rings. The van der Waals surface area contributed by atoms with Crippen molar-refractivity contribution in [2.45, 2.75) is 32.2 Å². The van der Waals surface area contributed by atoms with Gasteiger partial charge in [0.05, 0.1) is 18.7 Å². The average Bonchev–Trinajstić information content (AvgIpc) is 2.42. The van der Waals surface area contributed by atoms with Crippen molar-refractivity contribution in [1.82, 2.24) is 0 Å². The highest BCUT2D eigenvalue weighted by Gasteiger charge is 2.18. The van der Waals surface area contributed by atoms with Crippen LogP contribution in [0.25, 0.3) is 0 Å². The molecule has 19 heavy (non-hydrogen) atoms. The molecule has 1 N–H and O–H groups in total. The van der Waals surface area contributed by atoms with Crippen molar-refractivity contribution in [3.05, 3.63) is 22.7 Å². The standard InChI is InChI=1S/C14H20BrNO3/c1-4-5-6-12(14(17)19-3)16-10-7-8-13(18-2)11(15)9-10/h7-9,12,16H,4-6H2,1-3H3. The molecule has 5 heteroatoms. The van der Waals surface area contributed by atoms with Gasteiger partial charge in [0.2, 0.25) is 0 Å². The van der Waals surface area contributed by atoms with Crippen molar-refractivity contribution in [3.8, 4) is 5.75 Å². The highest BCUT2D eigenvalue weighted by molar-refractivity contribution is 9.10. The molecule has 1 unspecified atom stereocenters. The summed E-state index contributed by atoms with van der Waals surface area (Å²) in [4.78, 5) is 11.7. The van der Waals surface area contributed by atoms with E-state index in [-0.39, 0.29) is 12.0 Å². The van der Waals surface area contributed by atoms with Gasteiger partial charge in [-0.05, 0) is 40.5 Å². The van der Waals surface area contributed by atoms with Crippen LogP contribution < -0.4 is 10.1 Å². The number of ether oxygens (including phenoxy) is 2. The molecular weight excluding hydrogens is 310 g/mol. The zero-order valence-corrected chi connectivity index (χ0v) is 13.1. The van der Waals surface area contributed by atoms with Gasteiger partial charge in [-0.25, -0.2) is 4.79 Å². The summed E-state index contributed by atoms with van der Waals surface area (Å²) in [6.45, 7) is 2.10. The lowest BCUT2D eigenvalue weighted by molar-refractivity contribution is -0.141. The van der Waals surface area contributed by atoms with E-state index in [9.17, 15) is 4.79 Å². The van der Waals surface area contributed by atoms with Crippen molar-refractivity contribution >= 4 is 27.6 Å². The highest BCUT2D eigenvalue weighted by Crippen LogP contribution is 2.28. The number of esters is 1. The first kappa shape index (κ1) is 15.8. The summed E-state index contributed by atoms with van der Waals surface area (Å²) >= 11 is 3.42. The van der Waals surface area contributed by atoms with Crippen molar-refractivity contribution in [2.24, 2.45) is 0 Å². The van der Waals surface area contributed by atoms with Gasteiger partial charge in [-0.1, -0.05) is 19.8 Å². The number of hydrogen-bond donors (Lipinski definition) is 1. The van der Waals surface area contributed by atoms with E-state index in [0.29, 0.717) is 0 Å². The molecule has 0 heterocycles. The SMILES string of the molecule is CCCCC(Nc1ccc(OC)c(Br)c1)C(=O)OC. The Bertz CT molecular complexity index is 423. The molecule has 0 aromatic heterocycles. The molecule has 4 nitrogen and oxygen atoms in total. The van der Waals surface area contributed by atoms with Gasteiger partial charge < -0.3 is 14.8 Å². The zero-order valence-electron chi connectivity index (χ0n) is 11.5. The predicted octanol–water partition coefficient (Wildman–Crippen LogP) is 3.60. The fourth-order valence-electron chi connectivity index (χ4n) is 1.76. The molecule has 1 rings (SSSR count). The number of methoxy groups -OCH3 is 2. The Kier molecular flexibility index (Phi) is 6.70. The molecular formula is C14H20BrNO3. The molecule has 0 spiro atoms. The van der Waals surface area contributed by atoms with Crippen LogP contribution in [0.1, 0.15) is 26.2 Å². The van der Waals surface area contributed by atoms with Crippen LogP contribution in [0.4, 0.5) is 5.69 Å². The summed E-state index contributed by atoms with van der Waals surface area (Å²) in [5, 5.41) is 3.20. The second-order valence-corrected chi connectivity index (χ2v) is 5.07. The largest absolute Gasteiger partial charge is 0.496 e. The smallest absolute Gasteiger partial charge is 0.328 e. The van der Waals surface area contributed by atoms with Crippen molar-refractivity contribution in [1.29, 1.82) is 0 Å². The maximum absolute atomic E-state index is 11.7. The van der Waals surface area contributed by atoms with E-state index in [0.717, 1.165) is 35.2 Å². The second-order valence-electron chi connectivity index (χ2n) is 4.21. The number of hydrogen-bond acceptors (Lipinski definition) is 4. The normalized spacial score (nSPS) is 11.8. The number of carbonyl (C=O) groups excluding carboxylic acids is 1. The summed E-state index contributed by atoms with van der Waals surface area (Å²) < 4.78 is 10.8. The average molecular weight is 330 g/mol. The van der Waals surface area contributed by atoms with Crippen LogP contribution in [-0.4, -0.2) is 26.2 Å². The minimum atomic E-state index is -0.315.